The molecule has 0 spiro atoms. The van der Waals surface area contributed by atoms with Gasteiger partial charge in [0.05, 0.1) is 12.5 Å². The van der Waals surface area contributed by atoms with Crippen molar-refractivity contribution in [3.05, 3.63) is 80.6 Å². The number of pyridine rings is 1. The van der Waals surface area contributed by atoms with Crippen LogP contribution in [0.25, 0.3) is 11.0 Å². The van der Waals surface area contributed by atoms with Crippen LogP contribution in [0.15, 0.2) is 62.7 Å². The first-order chi connectivity index (χ1) is 13.0. The number of ether oxygens (including phenoxy) is 1. The lowest BCUT2D eigenvalue weighted by molar-refractivity contribution is -0.142. The summed E-state index contributed by atoms with van der Waals surface area (Å²) in [7, 11) is 1.18. The van der Waals surface area contributed by atoms with Crippen molar-refractivity contribution in [2.75, 3.05) is 7.11 Å². The summed E-state index contributed by atoms with van der Waals surface area (Å²) in [6, 6.07) is 10.00. The number of methoxy groups -OCH3 is 1. The molecule has 3 aromatic rings. The number of nitrogens with one attached hydrogen (secondary N) is 2. The number of amides is 1. The lowest BCUT2D eigenvalue weighted by Gasteiger charge is -2.16. The van der Waals surface area contributed by atoms with Crippen molar-refractivity contribution in [1.82, 2.24) is 10.3 Å². The number of H-pyrrole nitrogens is 1. The number of aromatic nitrogens is 1. The normalized spacial score (nSPS) is 11.7. The van der Waals surface area contributed by atoms with Crippen LogP contribution < -0.4 is 16.5 Å². The molecule has 1 amide bonds. The number of esters is 1. The largest absolute Gasteiger partial charge is 0.467 e. The Labute approximate surface area is 152 Å². The van der Waals surface area contributed by atoms with E-state index in [0.29, 0.717) is 5.56 Å². The van der Waals surface area contributed by atoms with Crippen LogP contribution in [0, 0.1) is 0 Å². The van der Waals surface area contributed by atoms with Gasteiger partial charge in [-0.1, -0.05) is 18.2 Å². The van der Waals surface area contributed by atoms with Crippen molar-refractivity contribution in [3.8, 4) is 0 Å². The molecule has 138 valence electrons. The van der Waals surface area contributed by atoms with Crippen LogP contribution in [-0.4, -0.2) is 30.0 Å². The molecule has 1 aromatic carbocycles. The zero-order valence-corrected chi connectivity index (χ0v) is 14.4. The van der Waals surface area contributed by atoms with Gasteiger partial charge in [0.25, 0.3) is 11.5 Å². The van der Waals surface area contributed by atoms with Crippen LogP contribution in [0.1, 0.15) is 15.9 Å². The molecule has 0 fully saturated rings. The predicted octanol–water partition coefficient (Wildman–Crippen LogP) is 0.995. The van der Waals surface area contributed by atoms with Crippen LogP contribution in [0.3, 0.4) is 0 Å². The molecule has 0 unspecified atom stereocenters. The maximum Gasteiger partial charge on any atom is 0.339 e. The summed E-state index contributed by atoms with van der Waals surface area (Å²) >= 11 is 0. The van der Waals surface area contributed by atoms with Gasteiger partial charge in [-0.05, 0) is 24.3 Å². The fourth-order valence-electron chi connectivity index (χ4n) is 2.63. The monoisotopic (exact) mass is 368 g/mol. The highest BCUT2D eigenvalue weighted by atomic mass is 16.5. The molecule has 0 saturated carbocycles. The van der Waals surface area contributed by atoms with Crippen LogP contribution in [-0.2, 0) is 16.0 Å². The number of hydrogen-bond acceptors (Lipinski definition) is 6. The molecule has 0 bridgehead atoms. The summed E-state index contributed by atoms with van der Waals surface area (Å²) < 4.78 is 9.86. The van der Waals surface area contributed by atoms with E-state index in [1.807, 2.05) is 0 Å². The molecule has 0 aliphatic carbocycles. The van der Waals surface area contributed by atoms with Crippen molar-refractivity contribution < 1.29 is 18.7 Å². The Bertz CT molecular complexity index is 1100. The van der Waals surface area contributed by atoms with Crippen LogP contribution in [0.4, 0.5) is 0 Å². The topological polar surface area (TPSA) is 118 Å². The smallest absolute Gasteiger partial charge is 0.339 e. The van der Waals surface area contributed by atoms with Gasteiger partial charge in [0.15, 0.2) is 0 Å². The zero-order chi connectivity index (χ0) is 19.4. The fourth-order valence-corrected chi connectivity index (χ4v) is 2.63. The van der Waals surface area contributed by atoms with Crippen molar-refractivity contribution >= 4 is 22.8 Å². The molecule has 0 aliphatic rings. The summed E-state index contributed by atoms with van der Waals surface area (Å²) in [6.07, 6.45) is 1.18. The second-order valence-electron chi connectivity index (χ2n) is 5.76. The van der Waals surface area contributed by atoms with Gasteiger partial charge < -0.3 is 19.5 Å². The SMILES string of the molecule is COC(=O)[C@H](Cc1cc2c(=O)[nH]ccc2oc1=O)NC(=O)c1ccccc1. The molecule has 2 N–H and O–H groups in total. The van der Waals surface area contributed by atoms with E-state index in [-0.39, 0.29) is 23.0 Å². The van der Waals surface area contributed by atoms with Gasteiger partial charge in [-0.15, -0.1) is 0 Å². The highest BCUT2D eigenvalue weighted by Crippen LogP contribution is 2.10. The Morgan fingerprint density at radius 2 is 1.93 bits per heavy atom. The van der Waals surface area contributed by atoms with Crippen molar-refractivity contribution in [2.45, 2.75) is 12.5 Å². The number of carbonyl (C=O) groups excluding carboxylic acids is 2. The molecular formula is C19H16N2O6. The molecule has 0 aliphatic heterocycles. The highest BCUT2D eigenvalue weighted by Gasteiger charge is 2.24. The Morgan fingerprint density at radius 1 is 1.19 bits per heavy atom. The summed E-state index contributed by atoms with van der Waals surface area (Å²) in [5, 5.41) is 2.71. The van der Waals surface area contributed by atoms with E-state index in [1.54, 1.807) is 30.3 Å². The second-order valence-corrected chi connectivity index (χ2v) is 5.76. The average Bonchev–Trinajstić information content (AvgIpc) is 2.68. The summed E-state index contributed by atoms with van der Waals surface area (Å²) in [5.74, 6) is -1.21. The van der Waals surface area contributed by atoms with E-state index in [2.05, 4.69) is 10.3 Å². The predicted molar refractivity (Wildman–Crippen MR) is 96.5 cm³/mol. The number of aromatic amines is 1. The average molecular weight is 368 g/mol. The minimum atomic E-state index is -1.12. The number of carbonyl (C=O) groups is 2. The minimum absolute atomic E-state index is 0.0722. The van der Waals surface area contributed by atoms with E-state index in [9.17, 15) is 19.2 Å². The van der Waals surface area contributed by atoms with Gasteiger partial charge in [-0.2, -0.15) is 0 Å². The first-order valence-corrected chi connectivity index (χ1v) is 8.07. The molecule has 0 radical (unpaired) electrons. The van der Waals surface area contributed by atoms with Gasteiger partial charge in [-0.25, -0.2) is 9.59 Å². The lowest BCUT2D eigenvalue weighted by Crippen LogP contribution is -2.43. The number of rotatable bonds is 5. The Hall–Kier alpha value is -3.68. The quantitative estimate of drug-likeness (QED) is 0.649. The lowest BCUT2D eigenvalue weighted by atomic mass is 10.1. The van der Waals surface area contributed by atoms with Gasteiger partial charge >= 0.3 is 11.6 Å². The molecule has 3 rings (SSSR count). The first kappa shape index (κ1) is 18.1. The molecule has 0 saturated heterocycles. The van der Waals surface area contributed by atoms with E-state index in [1.165, 1.54) is 25.4 Å². The van der Waals surface area contributed by atoms with E-state index in [4.69, 9.17) is 9.15 Å². The van der Waals surface area contributed by atoms with Gasteiger partial charge in [-0.3, -0.25) is 9.59 Å². The van der Waals surface area contributed by atoms with E-state index >= 15 is 0 Å². The van der Waals surface area contributed by atoms with Gasteiger partial charge in [0.2, 0.25) is 0 Å². The number of benzene rings is 1. The van der Waals surface area contributed by atoms with Crippen molar-refractivity contribution in [3.63, 3.8) is 0 Å². The Kier molecular flexibility index (Phi) is 5.16. The van der Waals surface area contributed by atoms with Crippen molar-refractivity contribution in [1.29, 1.82) is 0 Å². The summed E-state index contributed by atoms with van der Waals surface area (Å²) in [5.41, 5.74) is -0.566. The van der Waals surface area contributed by atoms with Crippen LogP contribution in [0.2, 0.25) is 0 Å². The molecule has 27 heavy (non-hydrogen) atoms. The molecule has 8 heteroatoms. The maximum atomic E-state index is 12.3. The van der Waals surface area contributed by atoms with E-state index in [0.717, 1.165) is 0 Å². The summed E-state index contributed by atoms with van der Waals surface area (Å²) in [6.45, 7) is 0. The molecule has 2 aromatic heterocycles. The Balaban J connectivity index is 1.92. The summed E-state index contributed by atoms with van der Waals surface area (Å²) in [4.78, 5) is 51.0. The van der Waals surface area contributed by atoms with Crippen molar-refractivity contribution in [2.24, 2.45) is 0 Å². The molecule has 8 nitrogen and oxygen atoms in total. The second kappa shape index (κ2) is 7.69. The standard InChI is InChI=1S/C19H16N2O6/c1-26-19(25)14(21-16(22)11-5-3-2-4-6-11)10-12-9-13-15(27-18(12)24)7-8-20-17(13)23/h2-9,14H,10H2,1H3,(H,20,23)(H,21,22)/t14-/m0/s1. The minimum Gasteiger partial charge on any atom is -0.467 e. The maximum absolute atomic E-state index is 12.3. The third kappa shape index (κ3) is 3.95. The number of fused-ring (bicyclic) bond motifs is 1. The Morgan fingerprint density at radius 3 is 2.63 bits per heavy atom. The van der Waals surface area contributed by atoms with Gasteiger partial charge in [0, 0.05) is 23.7 Å². The molecule has 2 heterocycles. The van der Waals surface area contributed by atoms with E-state index < -0.39 is 29.1 Å². The van der Waals surface area contributed by atoms with Crippen LogP contribution >= 0.6 is 0 Å². The molecule has 1 atom stereocenters. The van der Waals surface area contributed by atoms with Gasteiger partial charge in [0.1, 0.15) is 11.6 Å². The highest BCUT2D eigenvalue weighted by molar-refractivity contribution is 5.96. The molecular weight excluding hydrogens is 352 g/mol. The zero-order valence-electron chi connectivity index (χ0n) is 14.4. The van der Waals surface area contributed by atoms with Crippen LogP contribution in [0.5, 0.6) is 0 Å². The third-order valence-electron chi connectivity index (χ3n) is 3.99. The fraction of sp³-hybridized carbons (Fsp3) is 0.158. The first-order valence-electron chi connectivity index (χ1n) is 8.07. The number of hydrogen-bond donors (Lipinski definition) is 2. The third-order valence-corrected chi connectivity index (χ3v) is 3.99.